The van der Waals surface area contributed by atoms with Crippen LogP contribution >= 0.6 is 34.3 Å². The van der Waals surface area contributed by atoms with Gasteiger partial charge in [-0.3, -0.25) is 28.7 Å². The topological polar surface area (TPSA) is 181 Å². The van der Waals surface area contributed by atoms with Crippen LogP contribution in [0.3, 0.4) is 0 Å². The third-order valence-corrected chi connectivity index (χ3v) is 15.0. The zero-order valence-corrected chi connectivity index (χ0v) is 41.2. The quantitative estimate of drug-likeness (QED) is 0.107. The number of thiazole rings is 1. The Morgan fingerprint density at radius 1 is 0.925 bits per heavy atom. The highest BCUT2D eigenvalue weighted by Crippen LogP contribution is 2.40. The molecule has 3 amide bonds. The number of aromatic nitrogens is 4. The van der Waals surface area contributed by atoms with Gasteiger partial charge in [0.05, 0.1) is 58.1 Å². The molecule has 0 spiro atoms. The van der Waals surface area contributed by atoms with Gasteiger partial charge in [0.2, 0.25) is 11.8 Å². The molecule has 0 bridgehead atoms. The number of methoxy groups -OCH3 is 1. The average Bonchev–Trinajstić information content (AvgIpc) is 4.07. The molecule has 17 heteroatoms. The maximum absolute atomic E-state index is 14.4. The van der Waals surface area contributed by atoms with E-state index in [4.69, 9.17) is 21.3 Å². The van der Waals surface area contributed by atoms with Crippen molar-refractivity contribution in [3.63, 3.8) is 0 Å². The minimum atomic E-state index is -1.06. The Kier molecular flexibility index (Phi) is 13.4. The summed E-state index contributed by atoms with van der Waals surface area (Å²) in [5.74, 6) is -0.564. The van der Waals surface area contributed by atoms with E-state index >= 15 is 0 Å². The van der Waals surface area contributed by atoms with E-state index in [0.717, 1.165) is 65.1 Å². The number of benzene rings is 3. The van der Waals surface area contributed by atoms with E-state index in [2.05, 4.69) is 39.7 Å². The summed E-state index contributed by atoms with van der Waals surface area (Å²) in [6, 6.07) is 17.9. The van der Waals surface area contributed by atoms with Crippen LogP contribution in [0, 0.1) is 33.1 Å². The first-order valence-electron chi connectivity index (χ1n) is 22.0. The highest BCUT2D eigenvalue weighted by molar-refractivity contribution is 7.15. The van der Waals surface area contributed by atoms with Crippen LogP contribution in [0.1, 0.15) is 107 Å². The Labute approximate surface area is 402 Å². The molecule has 3 N–H and O–H groups in total. The minimum Gasteiger partial charge on any atom is -0.469 e. The molecule has 67 heavy (non-hydrogen) atoms. The van der Waals surface area contributed by atoms with E-state index in [1.807, 2.05) is 100 Å². The molecular weight excluding hydrogens is 908 g/mol. The number of nitrogens with zero attached hydrogens (tertiary/aromatic N) is 6. The molecule has 5 atom stereocenters. The van der Waals surface area contributed by atoms with Crippen LogP contribution in [0.5, 0.6) is 0 Å². The van der Waals surface area contributed by atoms with Gasteiger partial charge in [-0.15, -0.1) is 32.9 Å². The number of ether oxygens (including phenoxy) is 1. The Hall–Kier alpha value is -6.07. The van der Waals surface area contributed by atoms with Crippen molar-refractivity contribution < 1.29 is 29.0 Å². The lowest BCUT2D eigenvalue weighted by molar-refractivity contribution is -0.142. The molecule has 14 nitrogen and oxygen atoms in total. The second-order valence-corrected chi connectivity index (χ2v) is 20.7. The number of thiophene rings is 1. The van der Waals surface area contributed by atoms with Gasteiger partial charge in [0.25, 0.3) is 5.91 Å². The number of amides is 3. The lowest BCUT2D eigenvalue weighted by Gasteiger charge is -2.35. The molecule has 348 valence electrons. The number of aryl methyl sites for hydroxylation is 3. The maximum Gasteiger partial charge on any atom is 0.308 e. The molecule has 0 aliphatic carbocycles. The van der Waals surface area contributed by atoms with Gasteiger partial charge in [0.1, 0.15) is 29.0 Å². The van der Waals surface area contributed by atoms with Gasteiger partial charge in [-0.1, -0.05) is 87.0 Å². The summed E-state index contributed by atoms with van der Waals surface area (Å²) in [6.45, 7) is 15.3. The van der Waals surface area contributed by atoms with E-state index in [0.29, 0.717) is 11.6 Å². The van der Waals surface area contributed by atoms with Crippen molar-refractivity contribution in [3.05, 3.63) is 127 Å². The smallest absolute Gasteiger partial charge is 0.308 e. The Balaban J connectivity index is 0.983. The Bertz CT molecular complexity index is 2920. The van der Waals surface area contributed by atoms with Crippen LogP contribution in [-0.4, -0.2) is 91.0 Å². The van der Waals surface area contributed by atoms with Crippen molar-refractivity contribution in [2.75, 3.05) is 13.7 Å². The lowest BCUT2D eigenvalue weighted by Crippen LogP contribution is -2.57. The Morgan fingerprint density at radius 2 is 1.60 bits per heavy atom. The summed E-state index contributed by atoms with van der Waals surface area (Å²) in [7, 11) is 1.35. The van der Waals surface area contributed by atoms with Crippen molar-refractivity contribution in [1.29, 1.82) is 0 Å². The molecule has 1 unspecified atom stereocenters. The van der Waals surface area contributed by atoms with E-state index in [9.17, 15) is 24.3 Å². The minimum absolute atomic E-state index is 0.00373. The van der Waals surface area contributed by atoms with Gasteiger partial charge in [-0.2, -0.15) is 0 Å². The molecule has 5 heterocycles. The zero-order chi connectivity index (χ0) is 48.1. The number of carbonyl (C=O) groups is 4. The number of esters is 1. The van der Waals surface area contributed by atoms with E-state index in [1.165, 1.54) is 12.0 Å². The van der Waals surface area contributed by atoms with Crippen molar-refractivity contribution in [2.24, 2.45) is 10.4 Å². The van der Waals surface area contributed by atoms with Crippen LogP contribution < -0.4 is 10.6 Å². The molecule has 1 saturated heterocycles. The van der Waals surface area contributed by atoms with E-state index in [-0.39, 0.29) is 36.0 Å². The first-order valence-corrected chi connectivity index (χ1v) is 24.1. The molecule has 0 radical (unpaired) electrons. The molecule has 2 aliphatic rings. The van der Waals surface area contributed by atoms with Crippen LogP contribution in [0.25, 0.3) is 26.6 Å². The Morgan fingerprint density at radius 3 is 2.24 bits per heavy atom. The highest BCUT2D eigenvalue weighted by atomic mass is 35.5. The number of nitrogens with one attached hydrogen (secondary N) is 2. The average molecular weight is 962 g/mol. The third-order valence-electron chi connectivity index (χ3n) is 12.6. The van der Waals surface area contributed by atoms with Gasteiger partial charge in [0, 0.05) is 29.0 Å². The van der Waals surface area contributed by atoms with E-state index < -0.39 is 53.3 Å². The fraction of sp³-hybridized carbons (Fsp3) is 0.360. The monoisotopic (exact) mass is 960 g/mol. The molecule has 3 aromatic carbocycles. The number of fused-ring (bicyclic) bond motifs is 3. The summed E-state index contributed by atoms with van der Waals surface area (Å²) in [5.41, 5.74) is 9.27. The number of halogens is 1. The zero-order valence-electron chi connectivity index (χ0n) is 38.8. The maximum atomic E-state index is 14.4. The molecular formula is C50H53ClN8O6S2. The number of rotatable bonds is 11. The SMILES string of the molecule is COC(=O)C[C@@H]1N=C(c2ccc(-c3ccc(C(=O)NC(C(=O)N4C[C@H](O)C[C@H]4C(=O)N[C@@H](C)c4ccc(-c5scnc5C)cc4)C(C)(C)C)c(Cl)c3)cc2)c2c(sc(C)c2C)-n2c(C)nnc21. The van der Waals surface area contributed by atoms with E-state index in [1.54, 1.807) is 40.9 Å². The number of aliphatic hydroxyl groups is 1. The summed E-state index contributed by atoms with van der Waals surface area (Å²) in [6.07, 6.45) is -0.855. The number of aliphatic imine (C=N–C) groups is 1. The van der Waals surface area contributed by atoms with Crippen LogP contribution in [0.15, 0.2) is 77.2 Å². The highest BCUT2D eigenvalue weighted by Gasteiger charge is 2.45. The fourth-order valence-corrected chi connectivity index (χ4v) is 11.0. The standard InChI is InChI=1S/C50H53ClN8O6S2/c1-25-28(4)67-49-41(25)42(54-38(22-40(61)65-9)45-57-56-29(5)59(45)49)32-14-12-31(13-15-32)34-18-19-36(37(51)20-34)46(62)55-44(50(6,7)8)48(64)58-23-35(60)21-39(58)47(63)53-26(2)30-10-16-33(17-11-30)43-27(3)52-24-66-43/h10-20,24,26,35,38-39,44,60H,21-23H2,1-9H3,(H,53,63)(H,55,62)/t26-,35+,38-,39-,44?/m0/s1. The van der Waals surface area contributed by atoms with Crippen molar-refractivity contribution in [3.8, 4) is 26.6 Å². The number of hydrogen-bond acceptors (Lipinski definition) is 12. The van der Waals surface area contributed by atoms with Gasteiger partial charge in [-0.05, 0) is 80.0 Å². The lowest BCUT2D eigenvalue weighted by atomic mass is 9.85. The number of hydrogen-bond donors (Lipinski definition) is 3. The molecule has 6 aromatic rings. The predicted octanol–water partition coefficient (Wildman–Crippen LogP) is 8.45. The van der Waals surface area contributed by atoms with Crippen molar-refractivity contribution >= 4 is 63.7 Å². The molecule has 3 aromatic heterocycles. The second-order valence-electron chi connectivity index (χ2n) is 18.2. The summed E-state index contributed by atoms with van der Waals surface area (Å²) in [4.78, 5) is 67.9. The van der Waals surface area contributed by atoms with Crippen LogP contribution in [0.2, 0.25) is 5.02 Å². The van der Waals surface area contributed by atoms with Gasteiger partial charge >= 0.3 is 5.97 Å². The number of β-amino-alcohol motifs (C(OH)–C–C–N with tert-alkyl or cyclic N) is 1. The fourth-order valence-electron chi connectivity index (χ4n) is 8.69. The number of aliphatic hydroxyl groups excluding tert-OH is 1. The first-order chi connectivity index (χ1) is 31.8. The summed E-state index contributed by atoms with van der Waals surface area (Å²) in [5, 5.41) is 26.6. The van der Waals surface area contributed by atoms with Gasteiger partial charge in [0.15, 0.2) is 5.82 Å². The molecule has 2 aliphatic heterocycles. The third kappa shape index (κ3) is 9.44. The first kappa shape index (κ1) is 47.4. The van der Waals surface area contributed by atoms with Gasteiger partial charge < -0.3 is 25.4 Å². The molecule has 0 saturated carbocycles. The van der Waals surface area contributed by atoms with Crippen LogP contribution in [0.4, 0.5) is 0 Å². The van der Waals surface area contributed by atoms with Crippen molar-refractivity contribution in [1.82, 2.24) is 35.3 Å². The van der Waals surface area contributed by atoms with Gasteiger partial charge in [-0.25, -0.2) is 4.98 Å². The number of likely N-dealkylation sites (tertiary alicyclic amines) is 1. The summed E-state index contributed by atoms with van der Waals surface area (Å²) >= 11 is 10.0. The normalized spacial score (nSPS) is 17.7. The largest absolute Gasteiger partial charge is 0.469 e. The van der Waals surface area contributed by atoms with Crippen molar-refractivity contribution in [2.45, 2.75) is 98.5 Å². The predicted molar refractivity (Wildman–Crippen MR) is 261 cm³/mol. The summed E-state index contributed by atoms with van der Waals surface area (Å²) < 4.78 is 7.02. The molecule has 8 rings (SSSR count). The second kappa shape index (κ2) is 18.9. The van der Waals surface area contributed by atoms with Crippen LogP contribution in [-0.2, 0) is 19.1 Å². The molecule has 1 fully saturated rings. The number of carbonyl (C=O) groups excluding carboxylic acids is 4.